The number of aromatic nitrogens is 1. The highest BCUT2D eigenvalue weighted by Crippen LogP contribution is 2.33. The second-order valence-corrected chi connectivity index (χ2v) is 7.25. The number of aryl methyl sites for hydroxylation is 1. The minimum atomic E-state index is -0.842. The summed E-state index contributed by atoms with van der Waals surface area (Å²) in [6.07, 6.45) is 1.32. The van der Waals surface area contributed by atoms with Crippen molar-refractivity contribution in [2.24, 2.45) is 5.92 Å². The van der Waals surface area contributed by atoms with E-state index < -0.39 is 11.9 Å². The number of carbonyl (C=O) groups excluding carboxylic acids is 1. The van der Waals surface area contributed by atoms with Crippen molar-refractivity contribution in [2.75, 3.05) is 13.1 Å². The SMILES string of the molecule is Cc1nc(-c2ccccc2Cl)sc1C(=O)N1CCC[C@H](C(=O)O)C1. The standard InChI is InChI=1S/C17H17ClN2O3S/c1-10-14(16(21)20-8-4-5-11(9-20)17(22)23)24-15(19-10)12-6-2-3-7-13(12)18/h2-3,6-7,11H,4-5,8-9H2,1H3,(H,22,23)/t11-/m0/s1. The number of aliphatic carboxylic acids is 1. The number of carboxylic acids is 1. The zero-order valence-electron chi connectivity index (χ0n) is 13.2. The van der Waals surface area contributed by atoms with Gasteiger partial charge in [-0.1, -0.05) is 29.8 Å². The number of hydrogen-bond acceptors (Lipinski definition) is 4. The molecule has 0 aliphatic carbocycles. The molecule has 1 N–H and O–H groups in total. The number of rotatable bonds is 3. The molecule has 3 rings (SSSR count). The molecular formula is C17H17ClN2O3S. The Morgan fingerprint density at radius 1 is 1.38 bits per heavy atom. The molecule has 1 aliphatic heterocycles. The van der Waals surface area contributed by atoms with Gasteiger partial charge < -0.3 is 10.0 Å². The molecular weight excluding hydrogens is 348 g/mol. The first-order valence-corrected chi connectivity index (χ1v) is 8.91. The van der Waals surface area contributed by atoms with E-state index in [4.69, 9.17) is 11.6 Å². The zero-order valence-corrected chi connectivity index (χ0v) is 14.7. The second kappa shape index (κ2) is 6.91. The molecule has 0 bridgehead atoms. The van der Waals surface area contributed by atoms with E-state index in [0.717, 1.165) is 5.56 Å². The molecule has 1 aliphatic rings. The van der Waals surface area contributed by atoms with Crippen LogP contribution in [-0.4, -0.2) is 40.0 Å². The van der Waals surface area contributed by atoms with Crippen LogP contribution in [0.15, 0.2) is 24.3 Å². The average molecular weight is 365 g/mol. The molecule has 0 saturated carbocycles. The molecule has 1 aromatic carbocycles. The number of benzene rings is 1. The Bertz CT molecular complexity index is 790. The van der Waals surface area contributed by atoms with Crippen LogP contribution in [0, 0.1) is 12.8 Å². The van der Waals surface area contributed by atoms with E-state index in [1.165, 1.54) is 11.3 Å². The van der Waals surface area contributed by atoms with E-state index in [1.54, 1.807) is 17.9 Å². The molecule has 24 heavy (non-hydrogen) atoms. The number of likely N-dealkylation sites (tertiary alicyclic amines) is 1. The highest BCUT2D eigenvalue weighted by molar-refractivity contribution is 7.17. The van der Waals surface area contributed by atoms with Gasteiger partial charge in [-0.2, -0.15) is 0 Å². The van der Waals surface area contributed by atoms with Gasteiger partial charge in [0.15, 0.2) is 0 Å². The normalized spacial score (nSPS) is 17.8. The second-order valence-electron chi connectivity index (χ2n) is 5.84. The lowest BCUT2D eigenvalue weighted by Crippen LogP contribution is -2.42. The van der Waals surface area contributed by atoms with Crippen LogP contribution in [0.4, 0.5) is 0 Å². The number of thiazole rings is 1. The summed E-state index contributed by atoms with van der Waals surface area (Å²) in [5.41, 5.74) is 1.45. The third-order valence-electron chi connectivity index (χ3n) is 4.15. The summed E-state index contributed by atoms with van der Waals surface area (Å²) in [7, 11) is 0. The van der Waals surface area contributed by atoms with Crippen molar-refractivity contribution in [3.05, 3.63) is 39.9 Å². The third kappa shape index (κ3) is 3.30. The molecule has 0 spiro atoms. The maximum absolute atomic E-state index is 12.8. The van der Waals surface area contributed by atoms with Crippen molar-refractivity contribution in [3.8, 4) is 10.6 Å². The van der Waals surface area contributed by atoms with Gasteiger partial charge in [-0.3, -0.25) is 9.59 Å². The molecule has 1 amide bonds. The van der Waals surface area contributed by atoms with Crippen LogP contribution in [0.2, 0.25) is 5.02 Å². The van der Waals surface area contributed by atoms with Crippen molar-refractivity contribution >= 4 is 34.8 Å². The van der Waals surface area contributed by atoms with Gasteiger partial charge in [0.2, 0.25) is 0 Å². The Hall–Kier alpha value is -1.92. The van der Waals surface area contributed by atoms with Gasteiger partial charge in [0.05, 0.1) is 16.6 Å². The molecule has 5 nitrogen and oxygen atoms in total. The van der Waals surface area contributed by atoms with E-state index in [-0.39, 0.29) is 12.5 Å². The molecule has 7 heteroatoms. The number of nitrogens with zero attached hydrogens (tertiary/aromatic N) is 2. The van der Waals surface area contributed by atoms with Crippen LogP contribution in [-0.2, 0) is 4.79 Å². The van der Waals surface area contributed by atoms with Crippen LogP contribution in [0.5, 0.6) is 0 Å². The van der Waals surface area contributed by atoms with E-state index in [0.29, 0.717) is 40.0 Å². The average Bonchev–Trinajstić information content (AvgIpc) is 2.96. The van der Waals surface area contributed by atoms with Gasteiger partial charge in [-0.05, 0) is 25.8 Å². The van der Waals surface area contributed by atoms with E-state index in [1.807, 2.05) is 18.2 Å². The maximum Gasteiger partial charge on any atom is 0.308 e. The van der Waals surface area contributed by atoms with E-state index >= 15 is 0 Å². The van der Waals surface area contributed by atoms with Crippen molar-refractivity contribution in [1.29, 1.82) is 0 Å². The largest absolute Gasteiger partial charge is 0.481 e. The highest BCUT2D eigenvalue weighted by Gasteiger charge is 2.30. The van der Waals surface area contributed by atoms with Gasteiger partial charge >= 0.3 is 5.97 Å². The number of hydrogen-bond donors (Lipinski definition) is 1. The minimum absolute atomic E-state index is 0.144. The number of piperidine rings is 1. The Kier molecular flexibility index (Phi) is 4.87. The van der Waals surface area contributed by atoms with Crippen LogP contribution in [0.1, 0.15) is 28.2 Å². The van der Waals surface area contributed by atoms with Crippen LogP contribution < -0.4 is 0 Å². The fourth-order valence-corrected chi connectivity index (χ4v) is 4.21. The summed E-state index contributed by atoms with van der Waals surface area (Å²) in [6, 6.07) is 7.38. The predicted octanol–water partition coefficient (Wildman–Crippen LogP) is 3.71. The summed E-state index contributed by atoms with van der Waals surface area (Å²) in [4.78, 5) is 30.6. The molecule has 1 fully saturated rings. The fourth-order valence-electron chi connectivity index (χ4n) is 2.85. The van der Waals surface area contributed by atoms with Gasteiger partial charge in [-0.25, -0.2) is 4.98 Å². The number of carbonyl (C=O) groups is 2. The lowest BCUT2D eigenvalue weighted by atomic mass is 9.98. The summed E-state index contributed by atoms with van der Waals surface area (Å²) >= 11 is 7.51. The van der Waals surface area contributed by atoms with E-state index in [2.05, 4.69) is 4.98 Å². The summed E-state index contributed by atoms with van der Waals surface area (Å²) in [6.45, 7) is 2.64. The lowest BCUT2D eigenvalue weighted by Gasteiger charge is -2.30. The first kappa shape index (κ1) is 16.9. The van der Waals surface area contributed by atoms with Gasteiger partial charge in [0.25, 0.3) is 5.91 Å². The monoisotopic (exact) mass is 364 g/mol. The van der Waals surface area contributed by atoms with Gasteiger partial charge in [0, 0.05) is 18.7 Å². The first-order valence-electron chi connectivity index (χ1n) is 7.71. The number of amides is 1. The Morgan fingerprint density at radius 3 is 2.83 bits per heavy atom. The molecule has 2 heterocycles. The molecule has 1 atom stereocenters. The lowest BCUT2D eigenvalue weighted by molar-refractivity contribution is -0.143. The van der Waals surface area contributed by atoms with Crippen molar-refractivity contribution in [1.82, 2.24) is 9.88 Å². The topological polar surface area (TPSA) is 70.5 Å². The minimum Gasteiger partial charge on any atom is -0.481 e. The van der Waals surface area contributed by atoms with Crippen LogP contribution in [0.25, 0.3) is 10.6 Å². The molecule has 1 saturated heterocycles. The predicted molar refractivity (Wildman–Crippen MR) is 93.6 cm³/mol. The van der Waals surface area contributed by atoms with Gasteiger partial charge in [-0.15, -0.1) is 11.3 Å². The molecule has 2 aromatic rings. The molecule has 1 aromatic heterocycles. The highest BCUT2D eigenvalue weighted by atomic mass is 35.5. The molecule has 0 radical (unpaired) electrons. The number of halogens is 1. The zero-order chi connectivity index (χ0) is 17.3. The first-order chi connectivity index (χ1) is 11.5. The third-order valence-corrected chi connectivity index (χ3v) is 5.66. The van der Waals surface area contributed by atoms with Crippen molar-refractivity contribution < 1.29 is 14.7 Å². The Morgan fingerprint density at radius 2 is 2.12 bits per heavy atom. The fraction of sp³-hybridized carbons (Fsp3) is 0.353. The number of carboxylic acid groups (broad SMARTS) is 1. The smallest absolute Gasteiger partial charge is 0.308 e. The molecule has 126 valence electrons. The summed E-state index contributed by atoms with van der Waals surface area (Å²) < 4.78 is 0. The quantitative estimate of drug-likeness (QED) is 0.901. The summed E-state index contributed by atoms with van der Waals surface area (Å²) in [5.74, 6) is -1.47. The van der Waals surface area contributed by atoms with Crippen molar-refractivity contribution in [3.63, 3.8) is 0 Å². The van der Waals surface area contributed by atoms with Crippen LogP contribution >= 0.6 is 22.9 Å². The van der Waals surface area contributed by atoms with E-state index in [9.17, 15) is 14.7 Å². The molecule has 0 unspecified atom stereocenters. The van der Waals surface area contributed by atoms with Gasteiger partial charge in [0.1, 0.15) is 9.88 Å². The van der Waals surface area contributed by atoms with Crippen molar-refractivity contribution in [2.45, 2.75) is 19.8 Å². The van der Waals surface area contributed by atoms with Crippen LogP contribution in [0.3, 0.4) is 0 Å². The Balaban J connectivity index is 1.86. The summed E-state index contributed by atoms with van der Waals surface area (Å²) in [5, 5.41) is 10.5. The maximum atomic E-state index is 12.8. The Labute approximate surface area is 148 Å².